The molecule has 1 heterocycles. The summed E-state index contributed by atoms with van der Waals surface area (Å²) >= 11 is 0. The smallest absolute Gasteiger partial charge is 0.333 e. The van der Waals surface area contributed by atoms with Gasteiger partial charge in [0, 0.05) is 20.2 Å². The Morgan fingerprint density at radius 1 is 1.10 bits per heavy atom. The molecule has 2 atom stereocenters. The summed E-state index contributed by atoms with van der Waals surface area (Å²) in [5, 5.41) is 0. The van der Waals surface area contributed by atoms with Crippen LogP contribution in [-0.2, 0) is 20.9 Å². The van der Waals surface area contributed by atoms with Gasteiger partial charge < -0.3 is 4.74 Å². The number of ether oxygens (including phenoxy) is 1. The van der Waals surface area contributed by atoms with Crippen molar-refractivity contribution in [1.29, 1.82) is 0 Å². The Morgan fingerprint density at radius 3 is 2.40 bits per heavy atom. The molecule has 0 bridgehead atoms. The standard InChI is InChI=1S/C24H34N2O4/c1-4-24(18(2)14-15-30-17-20-12-6-5-7-13-20)21(27)25(3)23(29)26(22(24)28)16-19-10-8-9-11-19/h5-7,12-13,18-19H,4,8-11,14-17H2,1-3H3. The number of carbonyl (C=O) groups is 3. The quantitative estimate of drug-likeness (QED) is 0.448. The molecule has 0 N–H and O–H groups in total. The van der Waals surface area contributed by atoms with E-state index in [1.165, 1.54) is 11.9 Å². The van der Waals surface area contributed by atoms with Crippen LogP contribution in [0.3, 0.4) is 0 Å². The number of benzene rings is 1. The van der Waals surface area contributed by atoms with Crippen LogP contribution in [0, 0.1) is 17.3 Å². The van der Waals surface area contributed by atoms with E-state index in [1.807, 2.05) is 44.2 Å². The molecule has 30 heavy (non-hydrogen) atoms. The summed E-state index contributed by atoms with van der Waals surface area (Å²) in [5.74, 6) is -0.572. The van der Waals surface area contributed by atoms with Gasteiger partial charge in [-0.15, -0.1) is 0 Å². The van der Waals surface area contributed by atoms with Crippen LogP contribution in [0.2, 0.25) is 0 Å². The summed E-state index contributed by atoms with van der Waals surface area (Å²) in [6.07, 6.45) is 5.32. The molecule has 2 unspecified atom stereocenters. The highest BCUT2D eigenvalue weighted by Crippen LogP contribution is 2.41. The van der Waals surface area contributed by atoms with Crippen molar-refractivity contribution in [2.24, 2.45) is 17.3 Å². The molecular formula is C24H34N2O4. The highest BCUT2D eigenvalue weighted by atomic mass is 16.5. The second-order valence-corrected chi connectivity index (χ2v) is 8.77. The highest BCUT2D eigenvalue weighted by Gasteiger charge is 2.58. The van der Waals surface area contributed by atoms with E-state index in [-0.39, 0.29) is 17.7 Å². The average Bonchev–Trinajstić information content (AvgIpc) is 3.28. The minimum atomic E-state index is -1.20. The normalized spacial score (nSPS) is 24.0. The maximum absolute atomic E-state index is 13.5. The summed E-state index contributed by atoms with van der Waals surface area (Å²) in [6, 6.07) is 9.44. The maximum atomic E-state index is 13.5. The lowest BCUT2D eigenvalue weighted by Crippen LogP contribution is -2.66. The van der Waals surface area contributed by atoms with Gasteiger partial charge in [0.05, 0.1) is 6.61 Å². The molecule has 1 saturated heterocycles. The fourth-order valence-corrected chi connectivity index (χ4v) is 4.94. The van der Waals surface area contributed by atoms with E-state index in [9.17, 15) is 14.4 Å². The summed E-state index contributed by atoms with van der Waals surface area (Å²) < 4.78 is 5.81. The van der Waals surface area contributed by atoms with E-state index >= 15 is 0 Å². The number of urea groups is 1. The molecule has 2 fully saturated rings. The molecule has 1 aromatic rings. The number of barbiturate groups is 1. The van der Waals surface area contributed by atoms with Crippen molar-refractivity contribution in [2.45, 2.75) is 59.0 Å². The predicted molar refractivity (Wildman–Crippen MR) is 114 cm³/mol. The molecular weight excluding hydrogens is 380 g/mol. The fraction of sp³-hybridized carbons (Fsp3) is 0.625. The van der Waals surface area contributed by atoms with Gasteiger partial charge in [0.2, 0.25) is 11.8 Å². The van der Waals surface area contributed by atoms with Gasteiger partial charge in [-0.05, 0) is 43.1 Å². The number of carbonyl (C=O) groups excluding carboxylic acids is 3. The topological polar surface area (TPSA) is 66.9 Å². The summed E-state index contributed by atoms with van der Waals surface area (Å²) in [4.78, 5) is 42.0. The Balaban J connectivity index is 1.69. The van der Waals surface area contributed by atoms with Crippen LogP contribution in [0.4, 0.5) is 4.79 Å². The molecule has 4 amide bonds. The second kappa shape index (κ2) is 9.73. The molecule has 0 aromatic heterocycles. The molecule has 0 spiro atoms. The van der Waals surface area contributed by atoms with Crippen LogP contribution >= 0.6 is 0 Å². The zero-order chi connectivity index (χ0) is 21.7. The molecule has 1 aliphatic heterocycles. The Labute approximate surface area is 179 Å². The highest BCUT2D eigenvalue weighted by molar-refractivity contribution is 6.19. The van der Waals surface area contributed by atoms with E-state index < -0.39 is 11.4 Å². The molecule has 2 aliphatic rings. The lowest BCUT2D eigenvalue weighted by atomic mass is 9.69. The molecule has 6 nitrogen and oxygen atoms in total. The zero-order valence-electron chi connectivity index (χ0n) is 18.4. The monoisotopic (exact) mass is 414 g/mol. The van der Waals surface area contributed by atoms with Crippen LogP contribution in [0.5, 0.6) is 0 Å². The molecule has 6 heteroatoms. The number of hydrogen-bond donors (Lipinski definition) is 0. The Kier molecular flexibility index (Phi) is 7.29. The molecule has 1 aromatic carbocycles. The Hall–Kier alpha value is -2.21. The summed E-state index contributed by atoms with van der Waals surface area (Å²) in [7, 11) is 1.50. The lowest BCUT2D eigenvalue weighted by molar-refractivity contribution is -0.163. The first-order valence-electron chi connectivity index (χ1n) is 11.2. The minimum Gasteiger partial charge on any atom is -0.377 e. The van der Waals surface area contributed by atoms with Crippen molar-refractivity contribution in [3.05, 3.63) is 35.9 Å². The largest absolute Gasteiger partial charge is 0.377 e. The van der Waals surface area contributed by atoms with Crippen molar-refractivity contribution in [1.82, 2.24) is 9.80 Å². The summed E-state index contributed by atoms with van der Waals surface area (Å²) in [5.41, 5.74) is -0.106. The first-order valence-corrected chi connectivity index (χ1v) is 11.2. The van der Waals surface area contributed by atoms with E-state index in [2.05, 4.69) is 0 Å². The number of imide groups is 2. The number of amides is 4. The zero-order valence-corrected chi connectivity index (χ0v) is 18.4. The minimum absolute atomic E-state index is 0.222. The first-order chi connectivity index (χ1) is 14.4. The fourth-order valence-electron chi connectivity index (χ4n) is 4.94. The van der Waals surface area contributed by atoms with Gasteiger partial charge in [-0.2, -0.15) is 0 Å². The van der Waals surface area contributed by atoms with E-state index in [0.29, 0.717) is 38.5 Å². The predicted octanol–water partition coefficient (Wildman–Crippen LogP) is 4.24. The van der Waals surface area contributed by atoms with Gasteiger partial charge in [-0.1, -0.05) is 57.0 Å². The summed E-state index contributed by atoms with van der Waals surface area (Å²) in [6.45, 7) is 5.19. The number of hydrogen-bond acceptors (Lipinski definition) is 4. The van der Waals surface area contributed by atoms with Crippen molar-refractivity contribution in [2.75, 3.05) is 20.2 Å². The van der Waals surface area contributed by atoms with Gasteiger partial charge in [0.1, 0.15) is 5.41 Å². The molecule has 164 valence electrons. The molecule has 3 rings (SSSR count). The van der Waals surface area contributed by atoms with Gasteiger partial charge in [-0.25, -0.2) is 4.79 Å². The van der Waals surface area contributed by atoms with Crippen molar-refractivity contribution in [3.8, 4) is 0 Å². The van der Waals surface area contributed by atoms with Crippen LogP contribution in [0.25, 0.3) is 0 Å². The SMILES string of the molecule is CCC1(C(C)CCOCc2ccccc2)C(=O)N(C)C(=O)N(CC2CCCC2)C1=O. The van der Waals surface area contributed by atoms with Crippen LogP contribution in [-0.4, -0.2) is 47.8 Å². The number of rotatable bonds is 9. The third-order valence-corrected chi connectivity index (χ3v) is 6.95. The third kappa shape index (κ3) is 4.29. The van der Waals surface area contributed by atoms with Gasteiger partial charge in [0.15, 0.2) is 0 Å². The third-order valence-electron chi connectivity index (χ3n) is 6.95. The average molecular weight is 415 g/mol. The maximum Gasteiger partial charge on any atom is 0.333 e. The number of nitrogens with zero attached hydrogens (tertiary/aromatic N) is 2. The van der Waals surface area contributed by atoms with Crippen LogP contribution < -0.4 is 0 Å². The molecule has 0 radical (unpaired) electrons. The molecule has 1 saturated carbocycles. The van der Waals surface area contributed by atoms with E-state index in [4.69, 9.17) is 4.74 Å². The first kappa shape index (κ1) is 22.5. The second-order valence-electron chi connectivity index (χ2n) is 8.77. The van der Waals surface area contributed by atoms with Crippen molar-refractivity contribution < 1.29 is 19.1 Å². The van der Waals surface area contributed by atoms with E-state index in [0.717, 1.165) is 36.1 Å². The van der Waals surface area contributed by atoms with E-state index in [1.54, 1.807) is 0 Å². The van der Waals surface area contributed by atoms with Gasteiger partial charge in [0.25, 0.3) is 0 Å². The van der Waals surface area contributed by atoms with Crippen molar-refractivity contribution >= 4 is 17.8 Å². The Bertz CT molecular complexity index is 760. The Morgan fingerprint density at radius 2 is 1.77 bits per heavy atom. The lowest BCUT2D eigenvalue weighted by Gasteiger charge is -2.46. The van der Waals surface area contributed by atoms with Gasteiger partial charge in [-0.3, -0.25) is 19.4 Å². The van der Waals surface area contributed by atoms with Crippen LogP contribution in [0.1, 0.15) is 57.9 Å². The van der Waals surface area contributed by atoms with Crippen molar-refractivity contribution in [3.63, 3.8) is 0 Å². The van der Waals surface area contributed by atoms with Gasteiger partial charge >= 0.3 is 6.03 Å². The van der Waals surface area contributed by atoms with Crippen LogP contribution in [0.15, 0.2) is 30.3 Å². The molecule has 1 aliphatic carbocycles.